The average Bonchev–Trinajstić information content (AvgIpc) is 2.86. The predicted molar refractivity (Wildman–Crippen MR) is 81.8 cm³/mol. The molecule has 1 aromatic carbocycles. The van der Waals surface area contributed by atoms with Crippen molar-refractivity contribution in [2.45, 2.75) is 13.1 Å². The molecule has 2 N–H and O–H groups in total. The maximum absolute atomic E-state index is 13.6. The normalized spacial score (nSPS) is 10.4. The van der Waals surface area contributed by atoms with Gasteiger partial charge >= 0.3 is 0 Å². The van der Waals surface area contributed by atoms with Crippen LogP contribution in [0.5, 0.6) is 0 Å². The van der Waals surface area contributed by atoms with Crippen LogP contribution in [0.3, 0.4) is 0 Å². The van der Waals surface area contributed by atoms with Crippen molar-refractivity contribution in [2.24, 2.45) is 5.73 Å². The van der Waals surface area contributed by atoms with E-state index in [0.717, 1.165) is 17.0 Å². The standard InChI is InChI=1S/C16H17FN2S/c1-19(11-13-5-2-3-7-16(13)17)12-15-9-8-14(20-15)6-4-10-18/h2-3,5,7-9H,10-12,18H2,1H3. The molecule has 2 aromatic rings. The quantitative estimate of drug-likeness (QED) is 0.877. The van der Waals surface area contributed by atoms with Gasteiger partial charge in [0, 0.05) is 23.5 Å². The Morgan fingerprint density at radius 3 is 2.75 bits per heavy atom. The summed E-state index contributed by atoms with van der Waals surface area (Å²) >= 11 is 1.65. The van der Waals surface area contributed by atoms with Crippen molar-refractivity contribution in [3.05, 3.63) is 57.5 Å². The summed E-state index contributed by atoms with van der Waals surface area (Å²) in [6, 6.07) is 10.9. The van der Waals surface area contributed by atoms with Gasteiger partial charge < -0.3 is 5.73 Å². The fourth-order valence-electron chi connectivity index (χ4n) is 1.91. The molecule has 0 aliphatic carbocycles. The molecule has 1 aromatic heterocycles. The van der Waals surface area contributed by atoms with E-state index in [4.69, 9.17) is 5.73 Å². The highest BCUT2D eigenvalue weighted by Crippen LogP contribution is 2.18. The van der Waals surface area contributed by atoms with E-state index in [-0.39, 0.29) is 5.82 Å². The van der Waals surface area contributed by atoms with Crippen LogP contribution < -0.4 is 5.73 Å². The van der Waals surface area contributed by atoms with Crippen LogP contribution in [0.15, 0.2) is 36.4 Å². The molecule has 0 atom stereocenters. The second kappa shape index (κ2) is 7.20. The minimum Gasteiger partial charge on any atom is -0.320 e. The number of hydrogen-bond donors (Lipinski definition) is 1. The highest BCUT2D eigenvalue weighted by atomic mass is 32.1. The first-order valence-electron chi connectivity index (χ1n) is 6.38. The molecule has 0 aliphatic rings. The Morgan fingerprint density at radius 1 is 1.20 bits per heavy atom. The maximum atomic E-state index is 13.6. The summed E-state index contributed by atoms with van der Waals surface area (Å²) < 4.78 is 13.6. The first-order valence-corrected chi connectivity index (χ1v) is 7.20. The molecule has 0 radical (unpaired) electrons. The molecule has 104 valence electrons. The van der Waals surface area contributed by atoms with Crippen molar-refractivity contribution < 1.29 is 4.39 Å². The summed E-state index contributed by atoms with van der Waals surface area (Å²) in [5.74, 6) is 5.71. The number of thiophene rings is 1. The summed E-state index contributed by atoms with van der Waals surface area (Å²) in [6.45, 7) is 1.75. The van der Waals surface area contributed by atoms with E-state index in [1.54, 1.807) is 17.4 Å². The minimum absolute atomic E-state index is 0.153. The molecule has 0 amide bonds. The van der Waals surface area contributed by atoms with E-state index in [9.17, 15) is 4.39 Å². The van der Waals surface area contributed by atoms with Gasteiger partial charge in [-0.1, -0.05) is 30.0 Å². The van der Waals surface area contributed by atoms with Gasteiger partial charge in [-0.2, -0.15) is 0 Å². The van der Waals surface area contributed by atoms with Gasteiger partial charge in [-0.3, -0.25) is 4.90 Å². The van der Waals surface area contributed by atoms with Crippen LogP contribution in [-0.2, 0) is 13.1 Å². The van der Waals surface area contributed by atoms with Crippen molar-refractivity contribution in [1.82, 2.24) is 4.90 Å². The lowest BCUT2D eigenvalue weighted by Gasteiger charge is -2.15. The Labute approximate surface area is 123 Å². The molecule has 0 bridgehead atoms. The van der Waals surface area contributed by atoms with Crippen LogP contribution in [0.1, 0.15) is 15.3 Å². The number of nitrogens with two attached hydrogens (primary N) is 1. The third kappa shape index (κ3) is 4.17. The van der Waals surface area contributed by atoms with Crippen molar-refractivity contribution in [3.8, 4) is 11.8 Å². The summed E-state index contributed by atoms with van der Waals surface area (Å²) in [7, 11) is 1.98. The van der Waals surface area contributed by atoms with Gasteiger partial charge in [-0.25, -0.2) is 4.39 Å². The van der Waals surface area contributed by atoms with Gasteiger partial charge in [-0.15, -0.1) is 11.3 Å². The summed E-state index contributed by atoms with van der Waals surface area (Å²) in [6.07, 6.45) is 0. The van der Waals surface area contributed by atoms with Crippen LogP contribution in [0, 0.1) is 17.7 Å². The number of rotatable bonds is 4. The van der Waals surface area contributed by atoms with Gasteiger partial charge in [0.05, 0.1) is 11.4 Å². The van der Waals surface area contributed by atoms with Gasteiger partial charge in [-0.05, 0) is 25.2 Å². The van der Waals surface area contributed by atoms with Crippen LogP contribution in [-0.4, -0.2) is 18.5 Å². The van der Waals surface area contributed by atoms with Crippen molar-refractivity contribution in [3.63, 3.8) is 0 Å². The van der Waals surface area contributed by atoms with E-state index in [1.165, 1.54) is 10.9 Å². The lowest BCUT2D eigenvalue weighted by atomic mass is 10.2. The van der Waals surface area contributed by atoms with Gasteiger partial charge in [0.1, 0.15) is 5.82 Å². The SMILES string of the molecule is CN(Cc1ccc(C#CCN)s1)Cc1ccccc1F. The number of nitrogens with zero attached hydrogens (tertiary/aromatic N) is 1. The van der Waals surface area contributed by atoms with Crippen molar-refractivity contribution >= 4 is 11.3 Å². The Balaban J connectivity index is 1.96. The molecule has 20 heavy (non-hydrogen) atoms. The van der Waals surface area contributed by atoms with Crippen LogP contribution in [0.25, 0.3) is 0 Å². The Morgan fingerprint density at radius 2 is 2.00 bits per heavy atom. The molecular weight excluding hydrogens is 271 g/mol. The molecule has 2 rings (SSSR count). The molecule has 0 unspecified atom stereocenters. The van der Waals surface area contributed by atoms with E-state index in [1.807, 2.05) is 25.2 Å². The minimum atomic E-state index is -0.153. The fourth-order valence-corrected chi connectivity index (χ4v) is 2.87. The molecule has 0 saturated carbocycles. The molecule has 1 heterocycles. The fraction of sp³-hybridized carbons (Fsp3) is 0.250. The van der Waals surface area contributed by atoms with Crippen molar-refractivity contribution in [2.75, 3.05) is 13.6 Å². The zero-order valence-corrected chi connectivity index (χ0v) is 12.2. The molecule has 0 saturated heterocycles. The number of halogens is 1. The molecule has 0 spiro atoms. The van der Waals surface area contributed by atoms with Crippen LogP contribution in [0.4, 0.5) is 4.39 Å². The lowest BCUT2D eigenvalue weighted by molar-refractivity contribution is 0.316. The number of hydrogen-bond acceptors (Lipinski definition) is 3. The summed E-state index contributed by atoms with van der Waals surface area (Å²) in [4.78, 5) is 4.32. The summed E-state index contributed by atoms with van der Waals surface area (Å²) in [5.41, 5.74) is 6.07. The maximum Gasteiger partial charge on any atom is 0.127 e. The zero-order chi connectivity index (χ0) is 14.4. The third-order valence-corrected chi connectivity index (χ3v) is 3.78. The van der Waals surface area contributed by atoms with Gasteiger partial charge in [0.15, 0.2) is 0 Å². The topological polar surface area (TPSA) is 29.3 Å². The lowest BCUT2D eigenvalue weighted by Crippen LogP contribution is -2.17. The predicted octanol–water partition coefficient (Wildman–Crippen LogP) is 2.83. The molecule has 0 fully saturated rings. The zero-order valence-electron chi connectivity index (χ0n) is 11.4. The first kappa shape index (κ1) is 14.7. The van der Waals surface area contributed by atoms with Crippen LogP contribution >= 0.6 is 11.3 Å². The van der Waals surface area contributed by atoms with E-state index < -0.39 is 0 Å². The smallest absolute Gasteiger partial charge is 0.127 e. The Bertz CT molecular complexity index is 625. The largest absolute Gasteiger partial charge is 0.320 e. The Kier molecular flexibility index (Phi) is 5.31. The van der Waals surface area contributed by atoms with E-state index in [0.29, 0.717) is 13.1 Å². The molecule has 2 nitrogen and oxygen atoms in total. The van der Waals surface area contributed by atoms with E-state index >= 15 is 0 Å². The number of benzene rings is 1. The molecular formula is C16H17FN2S. The molecule has 4 heteroatoms. The van der Waals surface area contributed by atoms with Gasteiger partial charge in [0.25, 0.3) is 0 Å². The summed E-state index contributed by atoms with van der Waals surface area (Å²) in [5, 5.41) is 0. The first-order chi connectivity index (χ1) is 9.69. The van der Waals surface area contributed by atoms with E-state index in [2.05, 4.69) is 22.8 Å². The monoisotopic (exact) mass is 288 g/mol. The van der Waals surface area contributed by atoms with Crippen molar-refractivity contribution in [1.29, 1.82) is 0 Å². The van der Waals surface area contributed by atoms with Crippen LogP contribution in [0.2, 0.25) is 0 Å². The van der Waals surface area contributed by atoms with Gasteiger partial charge in [0.2, 0.25) is 0 Å². The third-order valence-electron chi connectivity index (χ3n) is 2.80. The average molecular weight is 288 g/mol. The Hall–Kier alpha value is -1.67. The highest BCUT2D eigenvalue weighted by molar-refractivity contribution is 7.12. The second-order valence-electron chi connectivity index (χ2n) is 4.54. The highest BCUT2D eigenvalue weighted by Gasteiger charge is 2.07. The second-order valence-corrected chi connectivity index (χ2v) is 5.70. The molecule has 0 aliphatic heterocycles.